The van der Waals surface area contributed by atoms with E-state index >= 15 is 0 Å². The molecule has 0 aliphatic heterocycles. The minimum atomic E-state index is -0.303. The van der Waals surface area contributed by atoms with Gasteiger partial charge >= 0.3 is 0 Å². The highest BCUT2D eigenvalue weighted by Crippen LogP contribution is 2.41. The van der Waals surface area contributed by atoms with Crippen molar-refractivity contribution in [2.45, 2.75) is 52.3 Å². The van der Waals surface area contributed by atoms with Gasteiger partial charge in [0.05, 0.1) is 0 Å². The summed E-state index contributed by atoms with van der Waals surface area (Å²) in [6.45, 7) is 6.47. The summed E-state index contributed by atoms with van der Waals surface area (Å²) < 4.78 is 0. The van der Waals surface area contributed by atoms with Crippen molar-refractivity contribution >= 4 is 0 Å². The molecule has 2 nitrogen and oxygen atoms in total. The van der Waals surface area contributed by atoms with Gasteiger partial charge in [-0.05, 0) is 31.1 Å². The predicted molar refractivity (Wildman–Crippen MR) is 50.8 cm³/mol. The van der Waals surface area contributed by atoms with Gasteiger partial charge in [0.15, 0.2) is 0 Å². The first-order chi connectivity index (χ1) is 5.69. The van der Waals surface area contributed by atoms with E-state index in [1.807, 2.05) is 6.92 Å². The maximum absolute atomic E-state index is 9.41. The molecule has 0 spiro atoms. The smallest absolute Gasteiger partial charge is 0.104 e. The number of aliphatic hydroxyl groups is 1. The number of rotatable bonds is 5. The summed E-state index contributed by atoms with van der Waals surface area (Å²) in [7, 11) is 0. The maximum atomic E-state index is 9.41. The highest BCUT2D eigenvalue weighted by atomic mass is 16.3. The molecular formula is C10H21NO. The average molecular weight is 171 g/mol. The average Bonchev–Trinajstić information content (AvgIpc) is 2.77. The van der Waals surface area contributed by atoms with Gasteiger partial charge in [-0.25, -0.2) is 0 Å². The second-order valence-electron chi connectivity index (χ2n) is 3.98. The van der Waals surface area contributed by atoms with E-state index in [4.69, 9.17) is 0 Å². The molecule has 72 valence electrons. The third-order valence-corrected chi connectivity index (χ3v) is 2.92. The van der Waals surface area contributed by atoms with Crippen molar-refractivity contribution < 1.29 is 5.11 Å². The Kier molecular flexibility index (Phi) is 3.53. The van der Waals surface area contributed by atoms with Crippen LogP contribution in [0.1, 0.15) is 40.0 Å². The number of nitrogens with one attached hydrogen (secondary N) is 1. The van der Waals surface area contributed by atoms with E-state index in [1.54, 1.807) is 0 Å². The summed E-state index contributed by atoms with van der Waals surface area (Å²) in [6, 6.07) is 0.537. The zero-order chi connectivity index (χ0) is 9.14. The van der Waals surface area contributed by atoms with Crippen LogP contribution in [0.4, 0.5) is 0 Å². The lowest BCUT2D eigenvalue weighted by Crippen LogP contribution is -2.39. The molecule has 0 radical (unpaired) electrons. The van der Waals surface area contributed by atoms with Gasteiger partial charge in [-0.3, -0.25) is 5.32 Å². The summed E-state index contributed by atoms with van der Waals surface area (Å²) in [5.41, 5.74) is 0. The molecule has 2 N–H and O–H groups in total. The van der Waals surface area contributed by atoms with Crippen molar-refractivity contribution in [2.24, 2.45) is 11.8 Å². The van der Waals surface area contributed by atoms with Crippen LogP contribution in [0.2, 0.25) is 0 Å². The lowest BCUT2D eigenvalue weighted by Gasteiger charge is -2.20. The molecule has 0 aromatic carbocycles. The Morgan fingerprint density at radius 1 is 1.42 bits per heavy atom. The molecule has 1 saturated carbocycles. The monoisotopic (exact) mass is 171 g/mol. The molecule has 1 fully saturated rings. The van der Waals surface area contributed by atoms with Crippen LogP contribution in [-0.2, 0) is 0 Å². The lowest BCUT2D eigenvalue weighted by molar-refractivity contribution is 0.111. The van der Waals surface area contributed by atoms with Gasteiger partial charge in [0, 0.05) is 6.04 Å². The van der Waals surface area contributed by atoms with Crippen molar-refractivity contribution in [1.29, 1.82) is 0 Å². The van der Waals surface area contributed by atoms with Crippen LogP contribution in [0.3, 0.4) is 0 Å². The molecule has 0 aromatic rings. The fourth-order valence-electron chi connectivity index (χ4n) is 1.82. The van der Waals surface area contributed by atoms with Gasteiger partial charge in [0.25, 0.3) is 0 Å². The molecule has 1 rings (SSSR count). The van der Waals surface area contributed by atoms with E-state index in [-0.39, 0.29) is 6.23 Å². The molecular weight excluding hydrogens is 150 g/mol. The third-order valence-electron chi connectivity index (χ3n) is 2.92. The molecule has 0 bridgehead atoms. The molecule has 1 aliphatic rings. The minimum Gasteiger partial charge on any atom is -0.379 e. The molecule has 4 unspecified atom stereocenters. The highest BCUT2D eigenvalue weighted by molar-refractivity contribution is 4.91. The summed E-state index contributed by atoms with van der Waals surface area (Å²) in [4.78, 5) is 0. The second kappa shape index (κ2) is 4.24. The van der Waals surface area contributed by atoms with Crippen molar-refractivity contribution in [1.82, 2.24) is 5.32 Å². The van der Waals surface area contributed by atoms with Crippen molar-refractivity contribution in [3.63, 3.8) is 0 Å². The van der Waals surface area contributed by atoms with Crippen LogP contribution in [0.5, 0.6) is 0 Å². The molecule has 1 aliphatic carbocycles. The molecule has 4 atom stereocenters. The third kappa shape index (κ3) is 2.46. The number of hydrogen-bond donors (Lipinski definition) is 2. The fourth-order valence-corrected chi connectivity index (χ4v) is 1.82. The van der Waals surface area contributed by atoms with Crippen molar-refractivity contribution in [3.8, 4) is 0 Å². The molecule has 0 aromatic heterocycles. The quantitative estimate of drug-likeness (QED) is 0.618. The first-order valence-electron chi connectivity index (χ1n) is 5.13. The van der Waals surface area contributed by atoms with E-state index in [1.165, 1.54) is 6.42 Å². The second-order valence-corrected chi connectivity index (χ2v) is 3.98. The minimum absolute atomic E-state index is 0.303. The molecule has 2 heteroatoms. The van der Waals surface area contributed by atoms with E-state index < -0.39 is 0 Å². The van der Waals surface area contributed by atoms with Crippen LogP contribution in [0.25, 0.3) is 0 Å². The van der Waals surface area contributed by atoms with Crippen molar-refractivity contribution in [2.75, 3.05) is 0 Å². The van der Waals surface area contributed by atoms with Crippen LogP contribution in [0, 0.1) is 11.8 Å². The van der Waals surface area contributed by atoms with Crippen LogP contribution in [-0.4, -0.2) is 17.4 Å². The van der Waals surface area contributed by atoms with Gasteiger partial charge in [-0.1, -0.05) is 20.8 Å². The Hall–Kier alpha value is -0.0800. The molecule has 0 amide bonds. The van der Waals surface area contributed by atoms with Crippen molar-refractivity contribution in [3.05, 3.63) is 0 Å². The van der Waals surface area contributed by atoms with Gasteiger partial charge in [0.2, 0.25) is 0 Å². The van der Waals surface area contributed by atoms with E-state index in [2.05, 4.69) is 19.2 Å². The SMILES string of the molecule is CCC(O)NC(CC)C1CC1C. The van der Waals surface area contributed by atoms with Crippen LogP contribution < -0.4 is 5.32 Å². The summed E-state index contributed by atoms with van der Waals surface area (Å²) in [5.74, 6) is 1.68. The van der Waals surface area contributed by atoms with Crippen LogP contribution >= 0.6 is 0 Å². The lowest BCUT2D eigenvalue weighted by atomic mass is 10.1. The summed E-state index contributed by atoms with van der Waals surface area (Å²) in [5, 5.41) is 12.7. The molecule has 0 saturated heterocycles. The Bertz CT molecular complexity index is 138. The standard InChI is InChI=1S/C10H21NO/c1-4-9(8-6-7(8)3)11-10(12)5-2/h7-12H,4-6H2,1-3H3. The predicted octanol–water partition coefficient (Wildman–Crippen LogP) is 1.74. The van der Waals surface area contributed by atoms with Gasteiger partial charge in [-0.15, -0.1) is 0 Å². The largest absolute Gasteiger partial charge is 0.379 e. The topological polar surface area (TPSA) is 32.3 Å². The molecule has 12 heavy (non-hydrogen) atoms. The zero-order valence-electron chi connectivity index (χ0n) is 8.38. The summed E-state index contributed by atoms with van der Waals surface area (Å²) in [6.07, 6.45) is 2.97. The molecule has 0 heterocycles. The van der Waals surface area contributed by atoms with E-state index in [0.29, 0.717) is 6.04 Å². The van der Waals surface area contributed by atoms with Crippen LogP contribution in [0.15, 0.2) is 0 Å². The Labute approximate surface area is 75.4 Å². The Morgan fingerprint density at radius 3 is 2.33 bits per heavy atom. The summed E-state index contributed by atoms with van der Waals surface area (Å²) >= 11 is 0. The van der Waals surface area contributed by atoms with Gasteiger partial charge < -0.3 is 5.11 Å². The maximum Gasteiger partial charge on any atom is 0.104 e. The van der Waals surface area contributed by atoms with Gasteiger partial charge in [-0.2, -0.15) is 0 Å². The highest BCUT2D eigenvalue weighted by Gasteiger charge is 2.38. The zero-order valence-corrected chi connectivity index (χ0v) is 8.38. The number of hydrogen-bond acceptors (Lipinski definition) is 2. The van der Waals surface area contributed by atoms with Gasteiger partial charge in [0.1, 0.15) is 6.23 Å². The van der Waals surface area contributed by atoms with E-state index in [0.717, 1.165) is 24.7 Å². The first kappa shape index (κ1) is 10.0. The number of aliphatic hydroxyl groups excluding tert-OH is 1. The first-order valence-corrected chi connectivity index (χ1v) is 5.13. The Morgan fingerprint density at radius 2 is 2.00 bits per heavy atom. The van der Waals surface area contributed by atoms with E-state index in [9.17, 15) is 5.11 Å². The fraction of sp³-hybridized carbons (Fsp3) is 1.00. The Balaban J connectivity index is 2.26. The normalized spacial score (nSPS) is 33.0.